The van der Waals surface area contributed by atoms with Gasteiger partial charge in [-0.05, 0) is 48.9 Å². The van der Waals surface area contributed by atoms with E-state index in [9.17, 15) is 0 Å². The summed E-state index contributed by atoms with van der Waals surface area (Å²) in [6.07, 6.45) is 0. The number of hydrogen-bond acceptors (Lipinski definition) is 2. The average Bonchev–Trinajstić information content (AvgIpc) is 2.62. The first kappa shape index (κ1) is 16.5. The van der Waals surface area contributed by atoms with Gasteiger partial charge in [0.2, 0.25) is 0 Å². The van der Waals surface area contributed by atoms with Crippen molar-refractivity contribution in [2.45, 2.75) is 21.6 Å². The topological polar surface area (TPSA) is 18.5 Å². The molecule has 0 saturated heterocycles. The third-order valence-electron chi connectivity index (χ3n) is 3.78. The molecule has 122 valence electrons. The van der Waals surface area contributed by atoms with Crippen LogP contribution in [-0.4, -0.2) is 14.2 Å². The number of aryl methyl sites for hydroxylation is 1. The third-order valence-corrected chi connectivity index (χ3v) is 5.96. The molecule has 0 N–H and O–H groups in total. The summed E-state index contributed by atoms with van der Waals surface area (Å²) in [4.78, 5) is 3.75. The van der Waals surface area contributed by atoms with Gasteiger partial charge in [0.05, 0.1) is 25.1 Å². The average molecular weight is 337 g/mol. The van der Waals surface area contributed by atoms with Crippen LogP contribution >= 0.6 is 0 Å². The van der Waals surface area contributed by atoms with Crippen LogP contribution in [-0.2, 0) is 10.9 Å². The molecule has 0 aliphatic heterocycles. The Balaban J connectivity index is 2.16. The molecule has 0 aromatic heterocycles. The van der Waals surface area contributed by atoms with Crippen LogP contribution in [0.1, 0.15) is 5.56 Å². The molecule has 0 fully saturated rings. The highest BCUT2D eigenvalue weighted by Crippen LogP contribution is 2.34. The van der Waals surface area contributed by atoms with E-state index >= 15 is 0 Å². The lowest BCUT2D eigenvalue weighted by molar-refractivity contribution is 0.413. The van der Waals surface area contributed by atoms with Gasteiger partial charge in [-0.3, -0.25) is 0 Å². The fourth-order valence-electron chi connectivity index (χ4n) is 2.61. The summed E-state index contributed by atoms with van der Waals surface area (Å²) in [5.74, 6) is 1.75. The van der Waals surface area contributed by atoms with Crippen molar-refractivity contribution in [3.63, 3.8) is 0 Å². The lowest BCUT2D eigenvalue weighted by atomic mass is 10.2. The van der Waals surface area contributed by atoms with Crippen molar-refractivity contribution in [3.8, 4) is 11.5 Å². The number of rotatable bonds is 5. The molecule has 3 aromatic rings. The molecule has 0 bridgehead atoms. The lowest BCUT2D eigenvalue weighted by Crippen LogP contribution is -2.05. The summed E-state index contributed by atoms with van der Waals surface area (Å²) in [6, 6.07) is 25.3. The molecule has 24 heavy (non-hydrogen) atoms. The number of hydrogen-bond donors (Lipinski definition) is 0. The van der Waals surface area contributed by atoms with Gasteiger partial charge in [0.1, 0.15) is 11.5 Å². The van der Waals surface area contributed by atoms with E-state index in [4.69, 9.17) is 9.47 Å². The van der Waals surface area contributed by atoms with Gasteiger partial charge in [-0.1, -0.05) is 24.3 Å². The van der Waals surface area contributed by atoms with Crippen LogP contribution in [0.4, 0.5) is 0 Å². The minimum Gasteiger partial charge on any atom is -0.497 e. The van der Waals surface area contributed by atoms with E-state index in [-0.39, 0.29) is 10.9 Å². The maximum Gasteiger partial charge on any atom is 0.170 e. The molecule has 3 heteroatoms. The summed E-state index contributed by atoms with van der Waals surface area (Å²) in [6.45, 7) is 2.13. The normalized spacial score (nSPS) is 10.7. The Labute approximate surface area is 146 Å². The third kappa shape index (κ3) is 3.57. The van der Waals surface area contributed by atoms with Crippen molar-refractivity contribution < 1.29 is 9.47 Å². The number of benzene rings is 3. The van der Waals surface area contributed by atoms with Gasteiger partial charge in [-0.25, -0.2) is 0 Å². The second-order valence-electron chi connectivity index (χ2n) is 5.48. The SMILES string of the molecule is COc1cccc([S+](c2cccc(C)c2)c2cccc(OC)c2)c1. The minimum atomic E-state index is -0.209. The summed E-state index contributed by atoms with van der Waals surface area (Å²) in [5, 5.41) is 0. The zero-order valence-corrected chi connectivity index (χ0v) is 15.0. The largest absolute Gasteiger partial charge is 0.497 e. The second kappa shape index (κ2) is 7.45. The second-order valence-corrected chi connectivity index (χ2v) is 7.51. The first-order valence-corrected chi connectivity index (χ1v) is 9.03. The van der Waals surface area contributed by atoms with Crippen LogP contribution < -0.4 is 9.47 Å². The van der Waals surface area contributed by atoms with Gasteiger partial charge in [0, 0.05) is 12.1 Å². The van der Waals surface area contributed by atoms with Crippen LogP contribution in [0.5, 0.6) is 11.5 Å². The van der Waals surface area contributed by atoms with E-state index in [1.807, 2.05) is 24.3 Å². The summed E-state index contributed by atoms with van der Waals surface area (Å²) in [7, 11) is 3.20. The van der Waals surface area contributed by atoms with E-state index in [2.05, 4.69) is 55.5 Å². The molecule has 0 radical (unpaired) electrons. The predicted octanol–water partition coefficient (Wildman–Crippen LogP) is 5.11. The van der Waals surface area contributed by atoms with Crippen LogP contribution in [0.2, 0.25) is 0 Å². The fourth-order valence-corrected chi connectivity index (χ4v) is 4.84. The Hall–Kier alpha value is -2.39. The monoisotopic (exact) mass is 337 g/mol. The van der Waals surface area contributed by atoms with Crippen molar-refractivity contribution in [2.24, 2.45) is 0 Å². The Kier molecular flexibility index (Phi) is 5.11. The van der Waals surface area contributed by atoms with E-state index in [0.717, 1.165) is 11.5 Å². The molecule has 0 amide bonds. The quantitative estimate of drug-likeness (QED) is 0.603. The van der Waals surface area contributed by atoms with E-state index in [0.29, 0.717) is 0 Å². The predicted molar refractivity (Wildman–Crippen MR) is 99.3 cm³/mol. The maximum atomic E-state index is 5.43. The highest BCUT2D eigenvalue weighted by Gasteiger charge is 2.29. The van der Waals surface area contributed by atoms with E-state index < -0.39 is 0 Å². The molecule has 0 spiro atoms. The van der Waals surface area contributed by atoms with Gasteiger partial charge >= 0.3 is 0 Å². The standard InChI is InChI=1S/C21H21O2S/c1-16-7-4-10-19(13-16)24(20-11-5-8-17(14-20)22-2)21-12-6-9-18(15-21)23-3/h4-15H,1-3H3/q+1. The number of ether oxygens (including phenoxy) is 2. The van der Waals surface area contributed by atoms with Crippen LogP contribution in [0.3, 0.4) is 0 Å². The number of methoxy groups -OCH3 is 2. The Morgan fingerprint density at radius 1 is 0.625 bits per heavy atom. The van der Waals surface area contributed by atoms with Crippen LogP contribution in [0.25, 0.3) is 0 Å². The smallest absolute Gasteiger partial charge is 0.170 e. The summed E-state index contributed by atoms with van der Waals surface area (Å²) >= 11 is 0. The van der Waals surface area contributed by atoms with E-state index in [1.54, 1.807) is 14.2 Å². The van der Waals surface area contributed by atoms with Crippen molar-refractivity contribution in [3.05, 3.63) is 78.4 Å². The molecule has 2 nitrogen and oxygen atoms in total. The lowest BCUT2D eigenvalue weighted by Gasteiger charge is -2.10. The molecular formula is C21H21O2S+. The van der Waals surface area contributed by atoms with Crippen molar-refractivity contribution in [1.82, 2.24) is 0 Å². The van der Waals surface area contributed by atoms with Gasteiger partial charge in [0.15, 0.2) is 14.7 Å². The molecule has 0 heterocycles. The van der Waals surface area contributed by atoms with Crippen molar-refractivity contribution in [1.29, 1.82) is 0 Å². The molecule has 3 rings (SSSR count). The summed E-state index contributed by atoms with van der Waals surface area (Å²) < 4.78 is 10.9. The Bertz CT molecular complexity index is 782. The minimum absolute atomic E-state index is 0.209. The molecule has 0 saturated carbocycles. The highest BCUT2D eigenvalue weighted by atomic mass is 32.2. The zero-order chi connectivity index (χ0) is 16.9. The Morgan fingerprint density at radius 3 is 1.54 bits per heavy atom. The highest BCUT2D eigenvalue weighted by molar-refractivity contribution is 7.97. The molecule has 0 atom stereocenters. The Morgan fingerprint density at radius 2 is 1.08 bits per heavy atom. The fraction of sp³-hybridized carbons (Fsp3) is 0.143. The van der Waals surface area contributed by atoms with Crippen molar-refractivity contribution >= 4 is 10.9 Å². The van der Waals surface area contributed by atoms with Crippen LogP contribution in [0, 0.1) is 6.92 Å². The van der Waals surface area contributed by atoms with Gasteiger partial charge in [-0.15, -0.1) is 0 Å². The first-order chi connectivity index (χ1) is 11.7. The first-order valence-electron chi connectivity index (χ1n) is 7.80. The molecule has 0 aliphatic carbocycles. The summed E-state index contributed by atoms with van der Waals surface area (Å²) in [5.41, 5.74) is 1.26. The van der Waals surface area contributed by atoms with Crippen molar-refractivity contribution in [2.75, 3.05) is 14.2 Å². The van der Waals surface area contributed by atoms with E-state index in [1.165, 1.54) is 20.2 Å². The van der Waals surface area contributed by atoms with Gasteiger partial charge < -0.3 is 9.47 Å². The molecule has 3 aromatic carbocycles. The van der Waals surface area contributed by atoms with Gasteiger partial charge in [-0.2, -0.15) is 0 Å². The zero-order valence-electron chi connectivity index (χ0n) is 14.2. The molecular weight excluding hydrogens is 316 g/mol. The van der Waals surface area contributed by atoms with Crippen LogP contribution in [0.15, 0.2) is 87.5 Å². The molecule has 0 unspecified atom stereocenters. The molecule has 0 aliphatic rings. The maximum absolute atomic E-state index is 5.43. The van der Waals surface area contributed by atoms with Gasteiger partial charge in [0.25, 0.3) is 0 Å².